The number of guanidine groups is 1. The Labute approximate surface area is 172 Å². The van der Waals surface area contributed by atoms with Gasteiger partial charge in [0.2, 0.25) is 0 Å². The molecule has 0 fully saturated rings. The molecule has 0 saturated heterocycles. The molecule has 0 aliphatic carbocycles. The highest BCUT2D eigenvalue weighted by Crippen LogP contribution is 2.19. The van der Waals surface area contributed by atoms with Crippen molar-refractivity contribution >= 4 is 23.2 Å². The molecule has 0 aliphatic heterocycles. The van der Waals surface area contributed by atoms with Crippen LogP contribution in [0.4, 0.5) is 0 Å². The van der Waals surface area contributed by atoms with Crippen molar-refractivity contribution in [1.29, 1.82) is 0 Å². The number of rotatable bonds is 10. The molecule has 1 heterocycles. The topological polar surface area (TPSA) is 65.5 Å². The smallest absolute Gasteiger partial charge is 0.251 e. The first-order valence-electron chi connectivity index (χ1n) is 10.1. The largest absolute Gasteiger partial charge is 0.357 e. The van der Waals surface area contributed by atoms with E-state index in [2.05, 4.69) is 59.2 Å². The van der Waals surface area contributed by atoms with Crippen molar-refractivity contribution in [3.63, 3.8) is 0 Å². The number of nitrogens with zero attached hydrogens (tertiary/aromatic N) is 1. The number of aliphatic imine (C=N–C) groups is 1. The third kappa shape index (κ3) is 7.35. The van der Waals surface area contributed by atoms with Crippen molar-refractivity contribution in [2.24, 2.45) is 4.99 Å². The summed E-state index contributed by atoms with van der Waals surface area (Å²) in [4.78, 5) is 18.1. The van der Waals surface area contributed by atoms with Crippen LogP contribution in [-0.2, 0) is 6.54 Å². The lowest BCUT2D eigenvalue weighted by Crippen LogP contribution is -2.39. The van der Waals surface area contributed by atoms with Crippen molar-refractivity contribution in [2.75, 3.05) is 19.6 Å². The van der Waals surface area contributed by atoms with E-state index in [1.54, 1.807) is 11.3 Å². The van der Waals surface area contributed by atoms with Crippen molar-refractivity contribution < 1.29 is 4.79 Å². The van der Waals surface area contributed by atoms with Crippen LogP contribution in [0.15, 0.2) is 46.8 Å². The van der Waals surface area contributed by atoms with Gasteiger partial charge in [-0.25, -0.2) is 4.99 Å². The van der Waals surface area contributed by atoms with Crippen molar-refractivity contribution in [1.82, 2.24) is 16.0 Å². The second kappa shape index (κ2) is 12.2. The van der Waals surface area contributed by atoms with Crippen LogP contribution in [0.1, 0.15) is 60.3 Å². The van der Waals surface area contributed by atoms with E-state index in [1.807, 2.05) is 24.3 Å². The van der Waals surface area contributed by atoms with Gasteiger partial charge in [-0.05, 0) is 42.5 Å². The number of thiophene rings is 1. The zero-order chi connectivity index (χ0) is 20.2. The summed E-state index contributed by atoms with van der Waals surface area (Å²) >= 11 is 1.78. The van der Waals surface area contributed by atoms with E-state index in [4.69, 9.17) is 0 Å². The van der Waals surface area contributed by atoms with E-state index in [9.17, 15) is 4.79 Å². The normalized spacial score (nSPS) is 12.5. The highest BCUT2D eigenvalue weighted by molar-refractivity contribution is 7.10. The minimum absolute atomic E-state index is 0.0129. The summed E-state index contributed by atoms with van der Waals surface area (Å²) in [5.41, 5.74) is 1.77. The Kier molecular flexibility index (Phi) is 9.55. The van der Waals surface area contributed by atoms with E-state index < -0.39 is 0 Å². The number of hydrogen-bond acceptors (Lipinski definition) is 3. The SMILES string of the molecule is CCCCNC(=O)c1ccc(CN=C(NCC)NCC(C)c2cccs2)cc1. The molecule has 0 spiro atoms. The van der Waals surface area contributed by atoms with Gasteiger partial charge in [0.25, 0.3) is 5.91 Å². The Bertz CT molecular complexity index is 726. The van der Waals surface area contributed by atoms with Gasteiger partial charge in [-0.3, -0.25) is 4.79 Å². The van der Waals surface area contributed by atoms with Crippen molar-refractivity contribution in [2.45, 2.75) is 46.1 Å². The van der Waals surface area contributed by atoms with Gasteiger partial charge >= 0.3 is 0 Å². The predicted molar refractivity (Wildman–Crippen MR) is 119 cm³/mol. The van der Waals surface area contributed by atoms with Gasteiger partial charge in [0.1, 0.15) is 0 Å². The Hall–Kier alpha value is -2.34. The second-order valence-corrected chi connectivity index (χ2v) is 7.78. The number of carbonyl (C=O) groups excluding carboxylic acids is 1. The van der Waals surface area contributed by atoms with Crippen LogP contribution in [0, 0.1) is 0 Å². The number of benzene rings is 1. The Morgan fingerprint density at radius 1 is 1.11 bits per heavy atom. The number of amides is 1. The second-order valence-electron chi connectivity index (χ2n) is 6.80. The molecule has 1 aromatic carbocycles. The van der Waals surface area contributed by atoms with Crippen LogP contribution < -0.4 is 16.0 Å². The Morgan fingerprint density at radius 2 is 1.89 bits per heavy atom. The van der Waals surface area contributed by atoms with Gasteiger partial charge in [0, 0.05) is 36.0 Å². The van der Waals surface area contributed by atoms with Crippen molar-refractivity contribution in [3.8, 4) is 0 Å². The summed E-state index contributed by atoms with van der Waals surface area (Å²) < 4.78 is 0. The van der Waals surface area contributed by atoms with Crippen LogP contribution in [0.3, 0.4) is 0 Å². The maximum absolute atomic E-state index is 12.1. The summed E-state index contributed by atoms with van der Waals surface area (Å²) in [5.74, 6) is 1.24. The van der Waals surface area contributed by atoms with E-state index in [0.29, 0.717) is 18.0 Å². The standard InChI is InChI=1S/C22H32N4OS/c1-4-6-13-24-21(27)19-11-9-18(10-12-19)16-26-22(23-5-2)25-15-17(3)20-8-7-14-28-20/h7-12,14,17H,4-6,13,15-16H2,1-3H3,(H,24,27)(H2,23,25,26). The monoisotopic (exact) mass is 400 g/mol. The molecule has 5 nitrogen and oxygen atoms in total. The van der Waals surface area contributed by atoms with Crippen LogP contribution in [0.2, 0.25) is 0 Å². The fraction of sp³-hybridized carbons (Fsp3) is 0.455. The van der Waals surface area contributed by atoms with Crippen LogP contribution in [0.25, 0.3) is 0 Å². The minimum Gasteiger partial charge on any atom is -0.357 e. The van der Waals surface area contributed by atoms with Gasteiger partial charge in [0.05, 0.1) is 6.54 Å². The molecule has 6 heteroatoms. The van der Waals surface area contributed by atoms with Gasteiger partial charge in [-0.1, -0.05) is 38.5 Å². The Morgan fingerprint density at radius 3 is 2.54 bits per heavy atom. The molecular formula is C22H32N4OS. The molecule has 2 rings (SSSR count). The number of carbonyl (C=O) groups is 1. The van der Waals surface area contributed by atoms with Crippen LogP contribution in [-0.4, -0.2) is 31.5 Å². The molecule has 0 radical (unpaired) electrons. The number of hydrogen-bond donors (Lipinski definition) is 3. The average Bonchev–Trinajstić information content (AvgIpc) is 3.25. The fourth-order valence-corrected chi connectivity index (χ4v) is 3.46. The van der Waals surface area contributed by atoms with Gasteiger partial charge in [-0.2, -0.15) is 0 Å². The Balaban J connectivity index is 1.88. The van der Waals surface area contributed by atoms with E-state index >= 15 is 0 Å². The maximum atomic E-state index is 12.1. The molecule has 3 N–H and O–H groups in total. The summed E-state index contributed by atoms with van der Waals surface area (Å²) in [5, 5.41) is 11.8. The lowest BCUT2D eigenvalue weighted by molar-refractivity contribution is 0.0953. The first-order chi connectivity index (χ1) is 13.6. The lowest BCUT2D eigenvalue weighted by atomic mass is 10.1. The zero-order valence-electron chi connectivity index (χ0n) is 17.1. The molecule has 0 saturated carbocycles. The maximum Gasteiger partial charge on any atom is 0.251 e. The summed E-state index contributed by atoms with van der Waals surface area (Å²) in [6.07, 6.45) is 2.08. The molecule has 1 amide bonds. The van der Waals surface area contributed by atoms with Gasteiger partial charge in [0.15, 0.2) is 5.96 Å². The predicted octanol–water partition coefficient (Wildman–Crippen LogP) is 4.14. The summed E-state index contributed by atoms with van der Waals surface area (Å²) in [7, 11) is 0. The molecule has 1 aromatic heterocycles. The molecular weight excluding hydrogens is 368 g/mol. The molecule has 152 valence electrons. The first-order valence-corrected chi connectivity index (χ1v) is 10.9. The molecule has 1 atom stereocenters. The number of nitrogens with one attached hydrogen (secondary N) is 3. The third-order valence-electron chi connectivity index (χ3n) is 4.40. The third-order valence-corrected chi connectivity index (χ3v) is 5.50. The molecule has 0 aliphatic rings. The molecule has 0 bridgehead atoms. The van der Waals surface area contributed by atoms with Crippen LogP contribution in [0.5, 0.6) is 0 Å². The molecule has 1 unspecified atom stereocenters. The summed E-state index contributed by atoms with van der Waals surface area (Å²) in [6, 6.07) is 11.9. The number of unbranched alkanes of at least 4 members (excludes halogenated alkanes) is 1. The zero-order valence-corrected chi connectivity index (χ0v) is 17.9. The van der Waals surface area contributed by atoms with E-state index in [-0.39, 0.29) is 5.91 Å². The van der Waals surface area contributed by atoms with Gasteiger partial charge < -0.3 is 16.0 Å². The fourth-order valence-electron chi connectivity index (χ4n) is 2.68. The van der Waals surface area contributed by atoms with Crippen molar-refractivity contribution in [3.05, 3.63) is 57.8 Å². The first kappa shape index (κ1) is 22.0. The average molecular weight is 401 g/mol. The highest BCUT2D eigenvalue weighted by Gasteiger charge is 2.08. The van der Waals surface area contributed by atoms with E-state index in [0.717, 1.165) is 44.0 Å². The van der Waals surface area contributed by atoms with E-state index in [1.165, 1.54) is 4.88 Å². The highest BCUT2D eigenvalue weighted by atomic mass is 32.1. The quantitative estimate of drug-likeness (QED) is 0.319. The van der Waals surface area contributed by atoms with Gasteiger partial charge in [-0.15, -0.1) is 11.3 Å². The lowest BCUT2D eigenvalue weighted by Gasteiger charge is -2.15. The summed E-state index contributed by atoms with van der Waals surface area (Å²) in [6.45, 7) is 9.34. The molecule has 28 heavy (non-hydrogen) atoms. The van der Waals surface area contributed by atoms with Crippen LogP contribution >= 0.6 is 11.3 Å². The molecule has 2 aromatic rings. The minimum atomic E-state index is -0.0129.